The summed E-state index contributed by atoms with van der Waals surface area (Å²) in [6.07, 6.45) is 8.17. The molecule has 2 rings (SSSR count). The Balaban J connectivity index is 2.00. The van der Waals surface area contributed by atoms with Crippen LogP contribution in [0.4, 0.5) is 0 Å². The molecule has 0 radical (unpaired) electrons. The molecule has 0 spiro atoms. The molecule has 1 aromatic carbocycles. The van der Waals surface area contributed by atoms with Gasteiger partial charge in [-0.3, -0.25) is 0 Å². The third-order valence-corrected chi connectivity index (χ3v) is 6.41. The Labute approximate surface area is 125 Å². The lowest BCUT2D eigenvalue weighted by atomic mass is 9.84. The zero-order valence-corrected chi connectivity index (χ0v) is 13.2. The third-order valence-electron chi connectivity index (χ3n) is 3.87. The van der Waals surface area contributed by atoms with E-state index in [4.69, 9.17) is 11.6 Å². The Morgan fingerprint density at radius 3 is 2.39 bits per heavy atom. The summed E-state index contributed by atoms with van der Waals surface area (Å²) in [6.45, 7) is 0. The number of hydrogen-bond donors (Lipinski definition) is 1. The molecule has 3 heteroatoms. The fourth-order valence-electron chi connectivity index (χ4n) is 2.62. The molecular formula is C15H21ClS2. The zero-order chi connectivity index (χ0) is 12.8. The monoisotopic (exact) mass is 300 g/mol. The Bertz CT molecular complexity index is 371. The molecule has 0 saturated heterocycles. The van der Waals surface area contributed by atoms with Crippen LogP contribution in [0, 0.1) is 5.41 Å². The van der Waals surface area contributed by atoms with E-state index in [9.17, 15) is 0 Å². The fraction of sp³-hybridized carbons (Fsp3) is 0.600. The lowest BCUT2D eigenvalue weighted by molar-refractivity contribution is 0.332. The van der Waals surface area contributed by atoms with Crippen molar-refractivity contribution in [2.45, 2.75) is 43.4 Å². The van der Waals surface area contributed by atoms with Crippen molar-refractivity contribution >= 4 is 36.0 Å². The Hall–Kier alpha value is 0.210. The third kappa shape index (κ3) is 3.85. The average molecular weight is 301 g/mol. The second-order valence-corrected chi connectivity index (χ2v) is 7.03. The summed E-state index contributed by atoms with van der Waals surface area (Å²) < 4.78 is 0. The molecule has 1 aliphatic rings. The molecule has 1 fully saturated rings. The summed E-state index contributed by atoms with van der Waals surface area (Å²) in [4.78, 5) is 1.21. The number of benzene rings is 1. The maximum atomic E-state index is 6.22. The first kappa shape index (κ1) is 14.6. The van der Waals surface area contributed by atoms with Crippen LogP contribution in [0.3, 0.4) is 0 Å². The number of hydrogen-bond acceptors (Lipinski definition) is 2. The molecular weight excluding hydrogens is 280 g/mol. The van der Waals surface area contributed by atoms with E-state index in [-0.39, 0.29) is 0 Å². The van der Waals surface area contributed by atoms with Gasteiger partial charge < -0.3 is 0 Å². The second-order valence-electron chi connectivity index (χ2n) is 5.29. The van der Waals surface area contributed by atoms with Crippen LogP contribution in [-0.2, 0) is 0 Å². The molecule has 0 nitrogen and oxygen atoms in total. The van der Waals surface area contributed by atoms with Gasteiger partial charge in [-0.2, -0.15) is 12.6 Å². The van der Waals surface area contributed by atoms with Crippen LogP contribution in [0.1, 0.15) is 38.5 Å². The molecule has 100 valence electrons. The summed E-state index contributed by atoms with van der Waals surface area (Å²) in [6, 6.07) is 8.15. The van der Waals surface area contributed by atoms with Crippen molar-refractivity contribution in [2.24, 2.45) is 5.41 Å². The molecule has 0 aliphatic heterocycles. The van der Waals surface area contributed by atoms with E-state index in [1.54, 1.807) is 0 Å². The molecule has 0 aromatic heterocycles. The lowest BCUT2D eigenvalue weighted by Crippen LogP contribution is -2.25. The molecule has 1 saturated carbocycles. The second kappa shape index (κ2) is 7.12. The van der Waals surface area contributed by atoms with Crippen molar-refractivity contribution in [3.8, 4) is 0 Å². The van der Waals surface area contributed by atoms with E-state index in [1.165, 1.54) is 43.4 Å². The largest absolute Gasteiger partial charge is 0.179 e. The van der Waals surface area contributed by atoms with Crippen LogP contribution in [0.5, 0.6) is 0 Å². The molecule has 1 aromatic rings. The standard InChI is InChI=1S/C15H21ClS2/c16-13-7-3-4-8-14(13)18-12-15(11-17)9-5-1-2-6-10-15/h3-4,7-8,17H,1-2,5-6,9-12H2. The summed E-state index contributed by atoms with van der Waals surface area (Å²) >= 11 is 12.8. The Morgan fingerprint density at radius 1 is 1.11 bits per heavy atom. The molecule has 18 heavy (non-hydrogen) atoms. The van der Waals surface area contributed by atoms with Gasteiger partial charge in [-0.25, -0.2) is 0 Å². The summed E-state index contributed by atoms with van der Waals surface area (Å²) in [5.74, 6) is 2.16. The normalized spacial score (nSPS) is 19.4. The molecule has 0 atom stereocenters. The van der Waals surface area contributed by atoms with Gasteiger partial charge in [0, 0.05) is 10.6 Å². The molecule has 0 unspecified atom stereocenters. The molecule has 0 heterocycles. The highest BCUT2D eigenvalue weighted by Crippen LogP contribution is 2.41. The van der Waals surface area contributed by atoms with E-state index >= 15 is 0 Å². The smallest absolute Gasteiger partial charge is 0.0541 e. The first-order chi connectivity index (χ1) is 8.76. The van der Waals surface area contributed by atoms with E-state index < -0.39 is 0 Å². The highest BCUT2D eigenvalue weighted by molar-refractivity contribution is 7.99. The summed E-state index contributed by atoms with van der Waals surface area (Å²) in [7, 11) is 0. The average Bonchev–Trinajstić information content (AvgIpc) is 2.64. The van der Waals surface area contributed by atoms with E-state index in [2.05, 4.69) is 24.8 Å². The minimum Gasteiger partial charge on any atom is -0.179 e. The van der Waals surface area contributed by atoms with Crippen molar-refractivity contribution in [3.63, 3.8) is 0 Å². The van der Waals surface area contributed by atoms with Gasteiger partial charge in [0.15, 0.2) is 0 Å². The van der Waals surface area contributed by atoms with Crippen LogP contribution >= 0.6 is 36.0 Å². The fourth-order valence-corrected chi connectivity index (χ4v) is 4.73. The van der Waals surface area contributed by atoms with Crippen molar-refractivity contribution in [1.82, 2.24) is 0 Å². The van der Waals surface area contributed by atoms with E-state index in [1.807, 2.05) is 23.9 Å². The van der Waals surface area contributed by atoms with E-state index in [0.29, 0.717) is 5.41 Å². The first-order valence-corrected chi connectivity index (χ1v) is 8.74. The summed E-state index contributed by atoms with van der Waals surface area (Å²) in [5.41, 5.74) is 0.420. The van der Waals surface area contributed by atoms with Crippen molar-refractivity contribution in [3.05, 3.63) is 29.3 Å². The van der Waals surface area contributed by atoms with Gasteiger partial charge in [-0.1, -0.05) is 49.4 Å². The highest BCUT2D eigenvalue weighted by atomic mass is 35.5. The van der Waals surface area contributed by atoms with Crippen molar-refractivity contribution < 1.29 is 0 Å². The summed E-state index contributed by atoms with van der Waals surface area (Å²) in [5, 5.41) is 0.880. The predicted octanol–water partition coefficient (Wildman–Crippen LogP) is 5.70. The van der Waals surface area contributed by atoms with Gasteiger partial charge in [0.25, 0.3) is 0 Å². The quantitative estimate of drug-likeness (QED) is 0.422. The maximum Gasteiger partial charge on any atom is 0.0541 e. The number of thiol groups is 1. The van der Waals surface area contributed by atoms with Gasteiger partial charge in [0.1, 0.15) is 0 Å². The number of rotatable bonds is 4. The SMILES string of the molecule is SCC1(CSc2ccccc2Cl)CCCCCC1. The van der Waals surface area contributed by atoms with Crippen molar-refractivity contribution in [2.75, 3.05) is 11.5 Å². The molecule has 0 amide bonds. The Morgan fingerprint density at radius 2 is 1.78 bits per heavy atom. The van der Waals surface area contributed by atoms with Gasteiger partial charge in [-0.15, -0.1) is 11.8 Å². The Kier molecular flexibility index (Phi) is 5.78. The van der Waals surface area contributed by atoms with Crippen LogP contribution < -0.4 is 0 Å². The first-order valence-electron chi connectivity index (χ1n) is 6.74. The van der Waals surface area contributed by atoms with Gasteiger partial charge in [0.05, 0.1) is 5.02 Å². The van der Waals surface area contributed by atoms with Crippen LogP contribution in [0.2, 0.25) is 5.02 Å². The van der Waals surface area contributed by atoms with Crippen LogP contribution in [0.25, 0.3) is 0 Å². The van der Waals surface area contributed by atoms with Crippen LogP contribution in [-0.4, -0.2) is 11.5 Å². The maximum absolute atomic E-state index is 6.22. The molecule has 0 bridgehead atoms. The minimum absolute atomic E-state index is 0.420. The number of thioether (sulfide) groups is 1. The van der Waals surface area contributed by atoms with Gasteiger partial charge in [-0.05, 0) is 36.1 Å². The van der Waals surface area contributed by atoms with E-state index in [0.717, 1.165) is 16.5 Å². The zero-order valence-electron chi connectivity index (χ0n) is 10.7. The van der Waals surface area contributed by atoms with Gasteiger partial charge >= 0.3 is 0 Å². The molecule has 0 N–H and O–H groups in total. The minimum atomic E-state index is 0.420. The lowest BCUT2D eigenvalue weighted by Gasteiger charge is -2.30. The predicted molar refractivity (Wildman–Crippen MR) is 86.2 cm³/mol. The van der Waals surface area contributed by atoms with Crippen molar-refractivity contribution in [1.29, 1.82) is 0 Å². The van der Waals surface area contributed by atoms with Gasteiger partial charge in [0.2, 0.25) is 0 Å². The number of halogens is 1. The molecule has 1 aliphatic carbocycles. The van der Waals surface area contributed by atoms with Crippen LogP contribution in [0.15, 0.2) is 29.2 Å². The topological polar surface area (TPSA) is 0 Å². The highest BCUT2D eigenvalue weighted by Gasteiger charge is 2.29.